The van der Waals surface area contributed by atoms with Gasteiger partial charge in [0, 0.05) is 6.04 Å². The minimum Gasteiger partial charge on any atom is -0.317 e. The molecule has 1 heteroatoms. The van der Waals surface area contributed by atoms with Gasteiger partial charge in [-0.05, 0) is 25.8 Å². The lowest BCUT2D eigenvalue weighted by Gasteiger charge is -2.21. The highest BCUT2D eigenvalue weighted by Crippen LogP contribution is 2.19. The molecule has 0 radical (unpaired) electrons. The topological polar surface area (TPSA) is 12.0 Å². The predicted octanol–water partition coefficient (Wildman–Crippen LogP) is 3.76. The number of hydrogen-bond acceptors (Lipinski definition) is 1. The van der Waals surface area contributed by atoms with Crippen LogP contribution in [0.5, 0.6) is 0 Å². The summed E-state index contributed by atoms with van der Waals surface area (Å²) in [5, 5.41) is 3.37. The van der Waals surface area contributed by atoms with Crippen molar-refractivity contribution >= 4 is 0 Å². The lowest BCUT2D eigenvalue weighted by Crippen LogP contribution is -2.27. The summed E-state index contributed by atoms with van der Waals surface area (Å²) in [5.41, 5.74) is 0. The van der Waals surface area contributed by atoms with Crippen molar-refractivity contribution in [3.8, 4) is 0 Å². The fourth-order valence-electron chi connectivity index (χ4n) is 1.92. The number of rotatable bonds is 9. The van der Waals surface area contributed by atoms with Gasteiger partial charge >= 0.3 is 0 Å². The summed E-state index contributed by atoms with van der Waals surface area (Å²) in [6.07, 6.45) is 9.83. The van der Waals surface area contributed by atoms with Crippen molar-refractivity contribution in [3.05, 3.63) is 12.7 Å². The lowest BCUT2D eigenvalue weighted by molar-refractivity contribution is 0.361. The molecule has 0 aliphatic carbocycles. The highest BCUT2D eigenvalue weighted by molar-refractivity contribution is 4.79. The van der Waals surface area contributed by atoms with Crippen LogP contribution < -0.4 is 5.32 Å². The zero-order valence-electron chi connectivity index (χ0n) is 10.2. The van der Waals surface area contributed by atoms with Crippen LogP contribution >= 0.6 is 0 Å². The predicted molar refractivity (Wildman–Crippen MR) is 65.6 cm³/mol. The van der Waals surface area contributed by atoms with Gasteiger partial charge in [0.2, 0.25) is 0 Å². The molecule has 0 heterocycles. The average Bonchev–Trinajstić information content (AvgIpc) is 2.22. The third-order valence-electron chi connectivity index (χ3n) is 3.02. The summed E-state index contributed by atoms with van der Waals surface area (Å²) in [6.45, 7) is 8.38. The van der Waals surface area contributed by atoms with E-state index in [-0.39, 0.29) is 0 Å². The van der Waals surface area contributed by atoms with Crippen LogP contribution in [0.15, 0.2) is 12.7 Å². The van der Waals surface area contributed by atoms with Crippen molar-refractivity contribution < 1.29 is 0 Å². The molecule has 84 valence electrons. The fourth-order valence-corrected chi connectivity index (χ4v) is 1.92. The van der Waals surface area contributed by atoms with E-state index in [1.54, 1.807) is 0 Å². The van der Waals surface area contributed by atoms with Crippen LogP contribution in [-0.4, -0.2) is 13.1 Å². The molecular formula is C13H27N. The second-order valence-electron chi connectivity index (χ2n) is 4.16. The van der Waals surface area contributed by atoms with Crippen LogP contribution in [0, 0.1) is 5.92 Å². The van der Waals surface area contributed by atoms with Gasteiger partial charge in [0.05, 0.1) is 0 Å². The highest BCUT2D eigenvalue weighted by Gasteiger charge is 2.11. The van der Waals surface area contributed by atoms with E-state index in [4.69, 9.17) is 0 Å². The molecule has 1 N–H and O–H groups in total. The SMILES string of the molecule is C=CCC(CC(CC)CCCC)NC. The average molecular weight is 197 g/mol. The molecule has 0 aromatic heterocycles. The smallest absolute Gasteiger partial charge is 0.0101 e. The second-order valence-corrected chi connectivity index (χ2v) is 4.16. The number of nitrogens with one attached hydrogen (secondary N) is 1. The second kappa shape index (κ2) is 9.26. The molecule has 0 aliphatic rings. The van der Waals surface area contributed by atoms with Gasteiger partial charge in [-0.15, -0.1) is 6.58 Å². The summed E-state index contributed by atoms with van der Waals surface area (Å²) in [4.78, 5) is 0. The van der Waals surface area contributed by atoms with Crippen LogP contribution in [0.3, 0.4) is 0 Å². The normalized spacial score (nSPS) is 15.1. The molecule has 0 saturated carbocycles. The monoisotopic (exact) mass is 197 g/mol. The van der Waals surface area contributed by atoms with Crippen molar-refractivity contribution in [1.82, 2.24) is 5.32 Å². The summed E-state index contributed by atoms with van der Waals surface area (Å²) in [7, 11) is 2.06. The van der Waals surface area contributed by atoms with Crippen molar-refractivity contribution in [2.45, 2.75) is 58.4 Å². The Morgan fingerprint density at radius 2 is 2.07 bits per heavy atom. The van der Waals surface area contributed by atoms with Gasteiger partial charge in [0.15, 0.2) is 0 Å². The third kappa shape index (κ3) is 6.20. The van der Waals surface area contributed by atoms with Gasteiger partial charge in [-0.3, -0.25) is 0 Å². The van der Waals surface area contributed by atoms with Gasteiger partial charge in [0.25, 0.3) is 0 Å². The van der Waals surface area contributed by atoms with Crippen molar-refractivity contribution in [2.24, 2.45) is 5.92 Å². The Hall–Kier alpha value is -0.300. The number of unbranched alkanes of at least 4 members (excludes halogenated alkanes) is 1. The maximum atomic E-state index is 3.80. The molecule has 0 bridgehead atoms. The molecule has 14 heavy (non-hydrogen) atoms. The van der Waals surface area contributed by atoms with Gasteiger partial charge in [-0.1, -0.05) is 45.6 Å². The Balaban J connectivity index is 3.80. The molecule has 2 atom stereocenters. The van der Waals surface area contributed by atoms with Crippen LogP contribution in [0.25, 0.3) is 0 Å². The molecule has 0 fully saturated rings. The molecule has 0 rings (SSSR count). The molecule has 0 aromatic carbocycles. The van der Waals surface area contributed by atoms with Crippen molar-refractivity contribution in [1.29, 1.82) is 0 Å². The minimum absolute atomic E-state index is 0.634. The highest BCUT2D eigenvalue weighted by atomic mass is 14.9. The molecule has 0 amide bonds. The first-order chi connectivity index (χ1) is 6.78. The van der Waals surface area contributed by atoms with Crippen LogP contribution in [-0.2, 0) is 0 Å². The van der Waals surface area contributed by atoms with Crippen LogP contribution in [0.2, 0.25) is 0 Å². The van der Waals surface area contributed by atoms with Gasteiger partial charge in [-0.25, -0.2) is 0 Å². The number of hydrogen-bond donors (Lipinski definition) is 1. The summed E-state index contributed by atoms with van der Waals surface area (Å²) < 4.78 is 0. The Morgan fingerprint density at radius 3 is 2.50 bits per heavy atom. The van der Waals surface area contributed by atoms with Crippen molar-refractivity contribution in [3.63, 3.8) is 0 Å². The molecule has 0 spiro atoms. The Labute approximate surface area is 90.0 Å². The van der Waals surface area contributed by atoms with E-state index in [0.717, 1.165) is 12.3 Å². The summed E-state index contributed by atoms with van der Waals surface area (Å²) in [5.74, 6) is 0.896. The minimum atomic E-state index is 0.634. The summed E-state index contributed by atoms with van der Waals surface area (Å²) >= 11 is 0. The first kappa shape index (κ1) is 13.7. The molecule has 2 unspecified atom stereocenters. The largest absolute Gasteiger partial charge is 0.317 e. The van der Waals surface area contributed by atoms with Gasteiger partial charge in [-0.2, -0.15) is 0 Å². The quantitative estimate of drug-likeness (QED) is 0.555. The van der Waals surface area contributed by atoms with E-state index in [2.05, 4.69) is 32.8 Å². The van der Waals surface area contributed by atoms with E-state index in [1.807, 2.05) is 6.08 Å². The first-order valence-corrected chi connectivity index (χ1v) is 6.06. The van der Waals surface area contributed by atoms with E-state index in [9.17, 15) is 0 Å². The zero-order valence-corrected chi connectivity index (χ0v) is 10.2. The van der Waals surface area contributed by atoms with Crippen molar-refractivity contribution in [2.75, 3.05) is 7.05 Å². The zero-order chi connectivity index (χ0) is 10.8. The van der Waals surface area contributed by atoms with E-state index in [1.165, 1.54) is 32.1 Å². The standard InChI is InChI=1S/C13H27N/c1-5-8-10-12(7-3)11-13(14-4)9-6-2/h6,12-14H,2,5,7-11H2,1,3-4H3. The van der Waals surface area contributed by atoms with Gasteiger partial charge < -0.3 is 5.32 Å². The van der Waals surface area contributed by atoms with Crippen LogP contribution in [0.4, 0.5) is 0 Å². The lowest BCUT2D eigenvalue weighted by atomic mass is 9.91. The first-order valence-electron chi connectivity index (χ1n) is 6.06. The molecule has 1 nitrogen and oxygen atoms in total. The maximum absolute atomic E-state index is 3.80. The van der Waals surface area contributed by atoms with Gasteiger partial charge in [0.1, 0.15) is 0 Å². The van der Waals surface area contributed by atoms with E-state index in [0.29, 0.717) is 6.04 Å². The van der Waals surface area contributed by atoms with E-state index >= 15 is 0 Å². The molecule has 0 aromatic rings. The van der Waals surface area contributed by atoms with Crippen LogP contribution in [0.1, 0.15) is 52.4 Å². The molecular weight excluding hydrogens is 170 g/mol. The summed E-state index contributed by atoms with van der Waals surface area (Å²) in [6, 6.07) is 0.634. The Kier molecular flexibility index (Phi) is 9.06. The van der Waals surface area contributed by atoms with E-state index < -0.39 is 0 Å². The molecule has 0 aliphatic heterocycles. The molecule has 0 saturated heterocycles. The fraction of sp³-hybridized carbons (Fsp3) is 0.846. The Morgan fingerprint density at radius 1 is 1.36 bits per heavy atom. The Bertz CT molecular complexity index is 131. The maximum Gasteiger partial charge on any atom is 0.0101 e. The third-order valence-corrected chi connectivity index (χ3v) is 3.02.